The lowest BCUT2D eigenvalue weighted by Crippen LogP contribution is -2.13. The van der Waals surface area contributed by atoms with E-state index in [-0.39, 0.29) is 5.91 Å². The van der Waals surface area contributed by atoms with Gasteiger partial charge >= 0.3 is 0 Å². The van der Waals surface area contributed by atoms with Gasteiger partial charge in [-0.25, -0.2) is 4.98 Å². The average molecular weight is 377 g/mol. The predicted molar refractivity (Wildman–Crippen MR) is 110 cm³/mol. The van der Waals surface area contributed by atoms with E-state index in [1.165, 1.54) is 0 Å². The topological polar surface area (TPSA) is 72.5 Å². The summed E-state index contributed by atoms with van der Waals surface area (Å²) < 4.78 is 10.9. The molecular weight excluding hydrogens is 354 g/mol. The number of carbonyl (C=O) groups excluding carboxylic acids is 1. The van der Waals surface area contributed by atoms with E-state index < -0.39 is 0 Å². The van der Waals surface area contributed by atoms with Crippen LogP contribution in [-0.2, 0) is 6.54 Å². The Hall–Kier alpha value is -3.54. The minimum absolute atomic E-state index is 0.240. The molecule has 0 saturated carbocycles. The van der Waals surface area contributed by atoms with E-state index in [0.717, 1.165) is 11.3 Å². The molecule has 1 heterocycles. The van der Waals surface area contributed by atoms with E-state index >= 15 is 0 Å². The zero-order valence-corrected chi connectivity index (χ0v) is 15.9. The summed E-state index contributed by atoms with van der Waals surface area (Å²) in [6, 6.07) is 18.6. The van der Waals surface area contributed by atoms with Crippen LogP contribution in [0, 0.1) is 0 Å². The Bertz CT molecular complexity index is 926. The first-order valence-electron chi connectivity index (χ1n) is 9.06. The van der Waals surface area contributed by atoms with Crippen LogP contribution >= 0.6 is 0 Å². The summed E-state index contributed by atoms with van der Waals surface area (Å²) in [5, 5.41) is 6.10. The van der Waals surface area contributed by atoms with Crippen LogP contribution < -0.4 is 20.1 Å². The lowest BCUT2D eigenvalue weighted by molar-refractivity contribution is 0.102. The Morgan fingerprint density at radius 2 is 1.75 bits per heavy atom. The lowest BCUT2D eigenvalue weighted by atomic mass is 10.2. The van der Waals surface area contributed by atoms with Crippen LogP contribution in [0.4, 0.5) is 11.5 Å². The van der Waals surface area contributed by atoms with Gasteiger partial charge in [0.15, 0.2) is 0 Å². The molecule has 0 saturated heterocycles. The fourth-order valence-corrected chi connectivity index (χ4v) is 2.71. The molecule has 1 aromatic heterocycles. The summed E-state index contributed by atoms with van der Waals surface area (Å²) in [5.41, 5.74) is 2.13. The highest BCUT2D eigenvalue weighted by molar-refractivity contribution is 6.04. The molecule has 0 aliphatic rings. The molecule has 144 valence electrons. The summed E-state index contributed by atoms with van der Waals surface area (Å²) in [6.45, 7) is 3.00. The van der Waals surface area contributed by atoms with E-state index in [0.29, 0.717) is 36.0 Å². The maximum atomic E-state index is 12.5. The SMILES string of the molecule is CCOc1ccccc1NC(=O)c1ccc(NCc2ccccc2OC)nc1. The Kier molecular flexibility index (Phi) is 6.46. The summed E-state index contributed by atoms with van der Waals surface area (Å²) in [6.07, 6.45) is 1.54. The lowest BCUT2D eigenvalue weighted by Gasteiger charge is -2.12. The minimum Gasteiger partial charge on any atom is -0.496 e. The first-order valence-corrected chi connectivity index (χ1v) is 9.06. The van der Waals surface area contributed by atoms with Crippen molar-refractivity contribution < 1.29 is 14.3 Å². The normalized spacial score (nSPS) is 10.2. The zero-order valence-electron chi connectivity index (χ0n) is 15.9. The Labute approximate surface area is 164 Å². The fraction of sp³-hybridized carbons (Fsp3) is 0.182. The van der Waals surface area contributed by atoms with Gasteiger partial charge in [-0.05, 0) is 37.3 Å². The van der Waals surface area contributed by atoms with E-state index in [2.05, 4.69) is 15.6 Å². The third kappa shape index (κ3) is 4.79. The number of para-hydroxylation sites is 3. The summed E-state index contributed by atoms with van der Waals surface area (Å²) in [7, 11) is 1.65. The molecule has 2 aromatic carbocycles. The number of carbonyl (C=O) groups is 1. The van der Waals surface area contributed by atoms with E-state index in [4.69, 9.17) is 9.47 Å². The maximum absolute atomic E-state index is 12.5. The molecule has 3 aromatic rings. The Morgan fingerprint density at radius 3 is 2.46 bits per heavy atom. The highest BCUT2D eigenvalue weighted by atomic mass is 16.5. The molecule has 6 nitrogen and oxygen atoms in total. The van der Waals surface area contributed by atoms with Gasteiger partial charge in [0, 0.05) is 18.3 Å². The van der Waals surface area contributed by atoms with Gasteiger partial charge in [0.1, 0.15) is 17.3 Å². The third-order valence-electron chi connectivity index (χ3n) is 4.11. The maximum Gasteiger partial charge on any atom is 0.257 e. The second-order valence-electron chi connectivity index (χ2n) is 5.98. The molecule has 0 radical (unpaired) electrons. The molecule has 0 fully saturated rings. The molecule has 0 aliphatic carbocycles. The molecule has 2 N–H and O–H groups in total. The van der Waals surface area contributed by atoms with Gasteiger partial charge in [0.05, 0.1) is 25.0 Å². The van der Waals surface area contributed by atoms with Gasteiger partial charge in [-0.3, -0.25) is 4.79 Å². The van der Waals surface area contributed by atoms with E-state index in [1.54, 1.807) is 31.5 Å². The molecule has 6 heteroatoms. The number of hydrogen-bond acceptors (Lipinski definition) is 5. The second kappa shape index (κ2) is 9.41. The number of benzene rings is 2. The van der Waals surface area contributed by atoms with Crippen molar-refractivity contribution in [2.24, 2.45) is 0 Å². The molecule has 0 spiro atoms. The zero-order chi connectivity index (χ0) is 19.8. The highest BCUT2D eigenvalue weighted by Gasteiger charge is 2.10. The predicted octanol–water partition coefficient (Wildman–Crippen LogP) is 4.35. The molecular formula is C22H23N3O3. The number of ether oxygens (including phenoxy) is 2. The molecule has 0 aliphatic heterocycles. The first-order chi connectivity index (χ1) is 13.7. The van der Waals surface area contributed by atoms with Crippen molar-refractivity contribution in [3.63, 3.8) is 0 Å². The Morgan fingerprint density at radius 1 is 1.00 bits per heavy atom. The van der Waals surface area contributed by atoms with Crippen LogP contribution in [-0.4, -0.2) is 24.6 Å². The van der Waals surface area contributed by atoms with Gasteiger partial charge in [-0.15, -0.1) is 0 Å². The van der Waals surface area contributed by atoms with Gasteiger partial charge in [0.25, 0.3) is 5.91 Å². The second-order valence-corrected chi connectivity index (χ2v) is 5.98. The Balaban J connectivity index is 1.63. The van der Waals surface area contributed by atoms with Crippen molar-refractivity contribution in [1.82, 2.24) is 4.98 Å². The van der Waals surface area contributed by atoms with Gasteiger partial charge in [-0.1, -0.05) is 30.3 Å². The van der Waals surface area contributed by atoms with E-state index in [1.807, 2.05) is 49.4 Å². The smallest absolute Gasteiger partial charge is 0.257 e. The fourth-order valence-electron chi connectivity index (χ4n) is 2.71. The highest BCUT2D eigenvalue weighted by Crippen LogP contribution is 2.24. The number of nitrogens with one attached hydrogen (secondary N) is 2. The number of anilines is 2. The molecule has 3 rings (SSSR count). The summed E-state index contributed by atoms with van der Waals surface area (Å²) in [4.78, 5) is 16.8. The summed E-state index contributed by atoms with van der Waals surface area (Å²) >= 11 is 0. The molecule has 0 atom stereocenters. The number of pyridine rings is 1. The first kappa shape index (κ1) is 19.2. The number of aromatic nitrogens is 1. The number of rotatable bonds is 8. The summed E-state index contributed by atoms with van der Waals surface area (Å²) in [5.74, 6) is 1.90. The van der Waals surface area contributed by atoms with Crippen molar-refractivity contribution in [2.75, 3.05) is 24.4 Å². The van der Waals surface area contributed by atoms with Crippen molar-refractivity contribution >= 4 is 17.4 Å². The van der Waals surface area contributed by atoms with Gasteiger partial charge in [-0.2, -0.15) is 0 Å². The number of amides is 1. The van der Waals surface area contributed by atoms with Crippen LogP contribution in [0.5, 0.6) is 11.5 Å². The van der Waals surface area contributed by atoms with Gasteiger partial charge < -0.3 is 20.1 Å². The number of methoxy groups -OCH3 is 1. The van der Waals surface area contributed by atoms with Crippen LogP contribution in [0.15, 0.2) is 66.9 Å². The minimum atomic E-state index is -0.240. The van der Waals surface area contributed by atoms with Crippen LogP contribution in [0.3, 0.4) is 0 Å². The van der Waals surface area contributed by atoms with Gasteiger partial charge in [0.2, 0.25) is 0 Å². The molecule has 28 heavy (non-hydrogen) atoms. The standard InChI is InChI=1S/C22H23N3O3/c1-3-28-20-11-7-5-9-18(20)25-22(26)17-12-13-21(24-15-17)23-14-16-8-4-6-10-19(16)27-2/h4-13,15H,3,14H2,1-2H3,(H,23,24)(H,25,26). The number of nitrogens with zero attached hydrogens (tertiary/aromatic N) is 1. The van der Waals surface area contributed by atoms with Crippen molar-refractivity contribution in [3.8, 4) is 11.5 Å². The molecule has 1 amide bonds. The monoisotopic (exact) mass is 377 g/mol. The van der Waals surface area contributed by atoms with Crippen LogP contribution in [0.1, 0.15) is 22.8 Å². The number of hydrogen-bond donors (Lipinski definition) is 2. The largest absolute Gasteiger partial charge is 0.496 e. The molecule has 0 unspecified atom stereocenters. The van der Waals surface area contributed by atoms with E-state index in [9.17, 15) is 4.79 Å². The van der Waals surface area contributed by atoms with Crippen molar-refractivity contribution in [2.45, 2.75) is 13.5 Å². The third-order valence-corrected chi connectivity index (χ3v) is 4.11. The van der Waals surface area contributed by atoms with Crippen molar-refractivity contribution in [1.29, 1.82) is 0 Å². The van der Waals surface area contributed by atoms with Crippen LogP contribution in [0.25, 0.3) is 0 Å². The van der Waals surface area contributed by atoms with Crippen molar-refractivity contribution in [3.05, 3.63) is 78.0 Å². The quantitative estimate of drug-likeness (QED) is 0.610. The molecule has 0 bridgehead atoms. The average Bonchev–Trinajstić information content (AvgIpc) is 2.74. The van der Waals surface area contributed by atoms with Crippen LogP contribution in [0.2, 0.25) is 0 Å².